The largest absolute Gasteiger partial charge is 0.468 e. The average molecular weight is 487 g/mol. The van der Waals surface area contributed by atoms with Crippen molar-refractivity contribution in [1.82, 2.24) is 30.1 Å². The number of aryl methyl sites for hydroxylation is 2. The Morgan fingerprint density at radius 2 is 1.78 bits per heavy atom. The van der Waals surface area contributed by atoms with Crippen molar-refractivity contribution in [2.24, 2.45) is 5.92 Å². The molecule has 5 aromatic rings. The molecule has 0 aliphatic rings. The van der Waals surface area contributed by atoms with Crippen LogP contribution in [0.1, 0.15) is 53.9 Å². The van der Waals surface area contributed by atoms with E-state index in [1.54, 1.807) is 17.2 Å². The van der Waals surface area contributed by atoms with Crippen molar-refractivity contribution in [2.45, 2.75) is 53.4 Å². The van der Waals surface area contributed by atoms with Crippen LogP contribution in [0.2, 0.25) is 0 Å². The highest BCUT2D eigenvalue weighted by Crippen LogP contribution is 2.31. The Bertz CT molecular complexity index is 1500. The summed E-state index contributed by atoms with van der Waals surface area (Å²) >= 11 is 0. The van der Waals surface area contributed by atoms with Gasteiger partial charge in [-0.15, -0.1) is 5.10 Å². The third-order valence-corrected chi connectivity index (χ3v) is 6.44. The van der Waals surface area contributed by atoms with Crippen molar-refractivity contribution in [2.75, 3.05) is 0 Å². The molecule has 4 aromatic heterocycles. The Hall–Kier alpha value is -3.98. The van der Waals surface area contributed by atoms with Crippen LogP contribution < -0.4 is 5.56 Å². The van der Waals surface area contributed by atoms with Crippen LogP contribution in [-0.2, 0) is 19.6 Å². The zero-order valence-electron chi connectivity index (χ0n) is 20.9. The van der Waals surface area contributed by atoms with Crippen LogP contribution in [0.5, 0.6) is 0 Å². The molecule has 0 aliphatic heterocycles. The van der Waals surface area contributed by atoms with E-state index < -0.39 is 0 Å². The highest BCUT2D eigenvalue weighted by molar-refractivity contribution is 5.83. The molecular formula is C27H30N6O3. The van der Waals surface area contributed by atoms with Crippen LogP contribution in [0, 0.1) is 19.8 Å². The summed E-state index contributed by atoms with van der Waals surface area (Å²) in [7, 11) is 0. The number of hydrogen-bond acceptors (Lipinski definition) is 7. The number of aromatic amines is 1. The number of rotatable bonds is 9. The fraction of sp³-hybridized carbons (Fsp3) is 0.333. The second-order valence-electron chi connectivity index (χ2n) is 9.61. The van der Waals surface area contributed by atoms with Crippen molar-refractivity contribution >= 4 is 10.9 Å². The second-order valence-corrected chi connectivity index (χ2v) is 9.61. The number of nitrogens with one attached hydrogen (secondary N) is 1. The normalized spacial score (nSPS) is 12.7. The number of nitrogens with zero attached hydrogens (tertiary/aromatic N) is 5. The van der Waals surface area contributed by atoms with Crippen molar-refractivity contribution in [3.05, 3.63) is 99.4 Å². The fourth-order valence-corrected chi connectivity index (χ4v) is 4.88. The van der Waals surface area contributed by atoms with E-state index in [1.807, 2.05) is 43.3 Å². The molecule has 4 heterocycles. The molecule has 1 N–H and O–H groups in total. The Labute approximate surface area is 208 Å². The summed E-state index contributed by atoms with van der Waals surface area (Å²) in [4.78, 5) is 18.5. The monoisotopic (exact) mass is 486 g/mol. The van der Waals surface area contributed by atoms with E-state index in [2.05, 4.69) is 52.2 Å². The van der Waals surface area contributed by atoms with Gasteiger partial charge in [-0.05, 0) is 77.7 Å². The molecule has 5 rings (SSSR count). The minimum Gasteiger partial charge on any atom is -0.468 e. The van der Waals surface area contributed by atoms with Gasteiger partial charge in [0.05, 0.1) is 25.1 Å². The van der Waals surface area contributed by atoms with Crippen LogP contribution in [0.15, 0.2) is 68.6 Å². The van der Waals surface area contributed by atoms with Crippen LogP contribution in [-0.4, -0.2) is 30.1 Å². The number of pyridine rings is 1. The van der Waals surface area contributed by atoms with Crippen LogP contribution in [0.3, 0.4) is 0 Å². The van der Waals surface area contributed by atoms with E-state index >= 15 is 0 Å². The zero-order chi connectivity index (χ0) is 25.2. The summed E-state index contributed by atoms with van der Waals surface area (Å²) in [5.74, 6) is 2.41. The molecule has 1 aromatic carbocycles. The van der Waals surface area contributed by atoms with Gasteiger partial charge in [0.25, 0.3) is 5.56 Å². The Morgan fingerprint density at radius 1 is 1.03 bits per heavy atom. The molecule has 36 heavy (non-hydrogen) atoms. The maximum atomic E-state index is 13.2. The highest BCUT2D eigenvalue weighted by atomic mass is 16.3. The number of tetrazole rings is 1. The van der Waals surface area contributed by atoms with Crippen molar-refractivity contribution in [3.63, 3.8) is 0 Å². The smallest absolute Gasteiger partial charge is 0.252 e. The van der Waals surface area contributed by atoms with E-state index in [0.29, 0.717) is 31.0 Å². The van der Waals surface area contributed by atoms with Gasteiger partial charge in [0.2, 0.25) is 0 Å². The molecule has 9 heteroatoms. The molecule has 186 valence electrons. The first kappa shape index (κ1) is 23.7. The molecule has 9 nitrogen and oxygen atoms in total. The fourth-order valence-electron chi connectivity index (χ4n) is 4.88. The Balaban J connectivity index is 1.55. The van der Waals surface area contributed by atoms with Crippen LogP contribution in [0.4, 0.5) is 0 Å². The quantitative estimate of drug-likeness (QED) is 0.320. The summed E-state index contributed by atoms with van der Waals surface area (Å²) < 4.78 is 13.0. The lowest BCUT2D eigenvalue weighted by atomic mass is 9.99. The third kappa shape index (κ3) is 4.87. The summed E-state index contributed by atoms with van der Waals surface area (Å²) in [5, 5.41) is 13.7. The number of benzene rings is 1. The minimum atomic E-state index is -0.186. The van der Waals surface area contributed by atoms with Crippen molar-refractivity contribution < 1.29 is 8.83 Å². The summed E-state index contributed by atoms with van der Waals surface area (Å²) in [6.07, 6.45) is 3.30. The lowest BCUT2D eigenvalue weighted by molar-refractivity contribution is 0.116. The molecule has 0 unspecified atom stereocenters. The van der Waals surface area contributed by atoms with Crippen LogP contribution in [0.25, 0.3) is 10.9 Å². The van der Waals surface area contributed by atoms with Gasteiger partial charge in [0.1, 0.15) is 18.1 Å². The van der Waals surface area contributed by atoms with Gasteiger partial charge < -0.3 is 13.8 Å². The molecule has 0 amide bonds. The Morgan fingerprint density at radius 3 is 2.47 bits per heavy atom. The number of fused-ring (bicyclic) bond motifs is 1. The van der Waals surface area contributed by atoms with E-state index in [9.17, 15) is 4.79 Å². The van der Waals surface area contributed by atoms with E-state index in [1.165, 1.54) is 0 Å². The molecule has 0 saturated heterocycles. The first-order valence-electron chi connectivity index (χ1n) is 12.1. The zero-order valence-corrected chi connectivity index (χ0v) is 20.9. The second kappa shape index (κ2) is 9.94. The van der Waals surface area contributed by atoms with Gasteiger partial charge in [-0.25, -0.2) is 4.68 Å². The standard InChI is InChI=1S/C27H30N6O3/c1-17(2)25(26-29-30-31-33(26)16-22-8-6-10-36-22)32(15-21-7-5-9-35-21)14-20-13-23-19(4)11-18(3)12-24(23)28-27(20)34/h5-13,17,25H,14-16H2,1-4H3,(H,28,34)/t25-/m1/s1. The predicted molar refractivity (Wildman–Crippen MR) is 135 cm³/mol. The molecule has 1 atom stereocenters. The third-order valence-electron chi connectivity index (χ3n) is 6.44. The first-order valence-corrected chi connectivity index (χ1v) is 12.1. The Kier molecular flexibility index (Phi) is 6.56. The van der Waals surface area contributed by atoms with Crippen molar-refractivity contribution in [3.8, 4) is 0 Å². The minimum absolute atomic E-state index is 0.102. The molecule has 0 spiro atoms. The lowest BCUT2D eigenvalue weighted by Gasteiger charge is -2.32. The van der Waals surface area contributed by atoms with Gasteiger partial charge in [-0.2, -0.15) is 0 Å². The topological polar surface area (TPSA) is 106 Å². The van der Waals surface area contributed by atoms with Gasteiger partial charge >= 0.3 is 0 Å². The van der Waals surface area contributed by atoms with Gasteiger partial charge in [0, 0.05) is 23.0 Å². The number of furan rings is 2. The summed E-state index contributed by atoms with van der Waals surface area (Å²) in [6.45, 7) is 9.67. The number of H-pyrrole nitrogens is 1. The first-order chi connectivity index (χ1) is 17.4. The molecule has 0 aliphatic carbocycles. The highest BCUT2D eigenvalue weighted by Gasteiger charge is 2.31. The molecule has 0 saturated carbocycles. The van der Waals surface area contributed by atoms with Crippen LogP contribution >= 0.6 is 0 Å². The molecular weight excluding hydrogens is 456 g/mol. The number of hydrogen-bond donors (Lipinski definition) is 1. The van der Waals surface area contributed by atoms with Gasteiger partial charge in [0.15, 0.2) is 5.82 Å². The van der Waals surface area contributed by atoms with Gasteiger partial charge in [-0.1, -0.05) is 19.9 Å². The van der Waals surface area contributed by atoms with Gasteiger partial charge in [-0.3, -0.25) is 9.69 Å². The predicted octanol–water partition coefficient (Wildman–Crippen LogP) is 4.77. The van der Waals surface area contributed by atoms with Crippen molar-refractivity contribution in [1.29, 1.82) is 0 Å². The summed E-state index contributed by atoms with van der Waals surface area (Å²) in [6, 6.07) is 13.5. The maximum absolute atomic E-state index is 13.2. The number of aromatic nitrogens is 5. The SMILES string of the molecule is Cc1cc(C)c2cc(CN(Cc3ccco3)[C@@H](c3nnnn3Cc3ccco3)C(C)C)c(=O)[nH]c2c1. The molecule has 0 bridgehead atoms. The van der Waals surface area contributed by atoms with E-state index in [4.69, 9.17) is 8.83 Å². The van der Waals surface area contributed by atoms with E-state index in [0.717, 1.165) is 33.6 Å². The van der Waals surface area contributed by atoms with E-state index in [-0.39, 0.29) is 17.5 Å². The summed E-state index contributed by atoms with van der Waals surface area (Å²) in [5.41, 5.74) is 3.67. The maximum Gasteiger partial charge on any atom is 0.252 e. The lowest BCUT2D eigenvalue weighted by Crippen LogP contribution is -2.35. The molecule has 0 fully saturated rings. The average Bonchev–Trinajstić information content (AvgIpc) is 3.59. The molecule has 0 radical (unpaired) electrons.